The van der Waals surface area contributed by atoms with Crippen molar-refractivity contribution in [2.45, 2.75) is 4.90 Å². The van der Waals surface area contributed by atoms with E-state index in [0.29, 0.717) is 32.4 Å². The number of aromatic carboxylic acids is 1. The highest BCUT2D eigenvalue weighted by molar-refractivity contribution is 7.93. The zero-order chi connectivity index (χ0) is 24.2. The number of carboxylic acid groups (broad SMARTS) is 1. The standard InChI is InChI=1S/C17H19FN6O7S2/c18-11-7-10(33(29,30)22-15-14(16(26)27)20-9-32-15)1-2-12(11)21-13(25)8-24(17(19)28)23-3-5-31-6-4-23/h1-2,7,9,22H,3-6,8H2,(H2,19,28)(H,21,25)(H,26,27). The van der Waals surface area contributed by atoms with Gasteiger partial charge in [-0.15, -0.1) is 11.3 Å². The van der Waals surface area contributed by atoms with Crippen molar-refractivity contribution >= 4 is 50.0 Å². The molecule has 3 amide bonds. The average molecular weight is 503 g/mol. The van der Waals surface area contributed by atoms with Crippen LogP contribution in [0.4, 0.5) is 19.9 Å². The molecular weight excluding hydrogens is 483 g/mol. The van der Waals surface area contributed by atoms with Crippen LogP contribution in [0.15, 0.2) is 28.6 Å². The van der Waals surface area contributed by atoms with Crippen LogP contribution in [0.2, 0.25) is 0 Å². The van der Waals surface area contributed by atoms with Crippen LogP contribution in [0.5, 0.6) is 0 Å². The highest BCUT2D eigenvalue weighted by Gasteiger charge is 2.25. The minimum absolute atomic E-state index is 0.241. The van der Waals surface area contributed by atoms with Crippen molar-refractivity contribution < 1.29 is 37.0 Å². The van der Waals surface area contributed by atoms with Crippen molar-refractivity contribution in [1.29, 1.82) is 0 Å². The van der Waals surface area contributed by atoms with E-state index >= 15 is 0 Å². The van der Waals surface area contributed by atoms with Gasteiger partial charge in [0.25, 0.3) is 10.0 Å². The van der Waals surface area contributed by atoms with Crippen LogP contribution in [0.3, 0.4) is 0 Å². The maximum absolute atomic E-state index is 14.5. The first kappa shape index (κ1) is 24.3. The molecule has 0 aliphatic carbocycles. The molecule has 1 aromatic heterocycles. The number of carboxylic acids is 1. The van der Waals surface area contributed by atoms with Gasteiger partial charge in [-0.3, -0.25) is 9.52 Å². The second-order valence-corrected chi connectivity index (χ2v) is 9.13. The zero-order valence-corrected chi connectivity index (χ0v) is 18.5. The van der Waals surface area contributed by atoms with E-state index in [-0.39, 0.29) is 10.7 Å². The van der Waals surface area contributed by atoms with Gasteiger partial charge >= 0.3 is 12.0 Å². The number of rotatable bonds is 8. The maximum Gasteiger partial charge on any atom is 0.357 e. The molecule has 1 aliphatic heterocycles. The third-order valence-corrected chi connectivity index (χ3v) is 6.62. The number of halogens is 1. The Bertz CT molecular complexity index is 1170. The number of carbonyl (C=O) groups excluding carboxylic acids is 2. The lowest BCUT2D eigenvalue weighted by Gasteiger charge is -2.35. The predicted octanol–water partition coefficient (Wildman–Crippen LogP) is 0.348. The topological polar surface area (TPSA) is 184 Å². The van der Waals surface area contributed by atoms with Crippen molar-refractivity contribution in [2.75, 3.05) is 42.9 Å². The van der Waals surface area contributed by atoms with Crippen molar-refractivity contribution in [2.24, 2.45) is 5.73 Å². The SMILES string of the molecule is NC(=O)N(CC(=O)Nc1ccc(S(=O)(=O)Nc2scnc2C(=O)O)cc1F)N1CCOCC1. The van der Waals surface area contributed by atoms with Gasteiger partial charge in [0.1, 0.15) is 17.4 Å². The molecule has 13 nitrogen and oxygen atoms in total. The van der Waals surface area contributed by atoms with Crippen LogP contribution in [-0.4, -0.2) is 79.3 Å². The van der Waals surface area contributed by atoms with Crippen molar-refractivity contribution in [3.63, 3.8) is 0 Å². The third-order valence-electron chi connectivity index (χ3n) is 4.40. The minimum atomic E-state index is -4.34. The summed E-state index contributed by atoms with van der Waals surface area (Å²) in [6.45, 7) is 0.889. The predicted molar refractivity (Wildman–Crippen MR) is 114 cm³/mol. The summed E-state index contributed by atoms with van der Waals surface area (Å²) in [5.41, 5.74) is 5.66. The van der Waals surface area contributed by atoms with E-state index in [0.717, 1.165) is 34.0 Å². The van der Waals surface area contributed by atoms with Crippen LogP contribution >= 0.6 is 11.3 Å². The summed E-state index contributed by atoms with van der Waals surface area (Å²) in [7, 11) is -4.34. The number of hydrogen-bond acceptors (Lipinski definition) is 9. The first-order chi connectivity index (χ1) is 15.6. The van der Waals surface area contributed by atoms with Crippen molar-refractivity contribution in [3.05, 3.63) is 35.2 Å². The molecule has 1 aliphatic rings. The molecule has 2 heterocycles. The third kappa shape index (κ3) is 5.92. The molecule has 5 N–H and O–H groups in total. The molecule has 0 bridgehead atoms. The van der Waals surface area contributed by atoms with Crippen LogP contribution in [0.25, 0.3) is 0 Å². The van der Waals surface area contributed by atoms with Crippen LogP contribution in [0.1, 0.15) is 10.5 Å². The number of amides is 3. The average Bonchev–Trinajstić information content (AvgIpc) is 3.21. The lowest BCUT2D eigenvalue weighted by molar-refractivity contribution is -0.123. The summed E-state index contributed by atoms with van der Waals surface area (Å²) in [5.74, 6) is -3.25. The van der Waals surface area contributed by atoms with E-state index in [9.17, 15) is 27.2 Å². The monoisotopic (exact) mass is 502 g/mol. The molecular formula is C17H19FN6O7S2. The summed E-state index contributed by atoms with van der Waals surface area (Å²) in [4.78, 5) is 38.2. The lowest BCUT2D eigenvalue weighted by Crippen LogP contribution is -2.55. The quantitative estimate of drug-likeness (QED) is 0.395. The summed E-state index contributed by atoms with van der Waals surface area (Å²) in [6.07, 6.45) is 0. The largest absolute Gasteiger partial charge is 0.476 e. The highest BCUT2D eigenvalue weighted by atomic mass is 32.2. The Morgan fingerprint density at radius 3 is 2.61 bits per heavy atom. The number of benzene rings is 1. The molecule has 33 heavy (non-hydrogen) atoms. The number of nitrogens with one attached hydrogen (secondary N) is 2. The number of hydrogen-bond donors (Lipinski definition) is 4. The molecule has 16 heteroatoms. The molecule has 3 rings (SSSR count). The number of thiazole rings is 1. The molecule has 0 atom stereocenters. The van der Waals surface area contributed by atoms with Gasteiger partial charge in [0.2, 0.25) is 5.91 Å². The summed E-state index contributed by atoms with van der Waals surface area (Å²) in [5, 5.41) is 13.6. The smallest absolute Gasteiger partial charge is 0.357 e. The number of urea groups is 1. The van der Waals surface area contributed by atoms with Crippen LogP contribution in [0, 0.1) is 5.82 Å². The van der Waals surface area contributed by atoms with Gasteiger partial charge in [0, 0.05) is 13.1 Å². The van der Waals surface area contributed by atoms with Gasteiger partial charge in [-0.05, 0) is 18.2 Å². The molecule has 0 unspecified atom stereocenters. The highest BCUT2D eigenvalue weighted by Crippen LogP contribution is 2.26. The van der Waals surface area contributed by atoms with Gasteiger partial charge in [0.15, 0.2) is 5.69 Å². The number of nitrogens with zero attached hydrogens (tertiary/aromatic N) is 3. The Labute approximate surface area is 191 Å². The number of ether oxygens (including phenoxy) is 1. The molecule has 1 saturated heterocycles. The van der Waals surface area contributed by atoms with Gasteiger partial charge in [-0.1, -0.05) is 0 Å². The Balaban J connectivity index is 1.70. The normalized spacial score (nSPS) is 14.5. The maximum atomic E-state index is 14.5. The van der Waals surface area contributed by atoms with E-state index in [1.807, 2.05) is 4.72 Å². The zero-order valence-electron chi connectivity index (χ0n) is 16.9. The van der Waals surface area contributed by atoms with Gasteiger partial charge in [0.05, 0.1) is 29.3 Å². The number of sulfonamides is 1. The first-order valence-corrected chi connectivity index (χ1v) is 11.6. The molecule has 178 valence electrons. The van der Waals surface area contributed by atoms with E-state index in [2.05, 4.69) is 10.3 Å². The van der Waals surface area contributed by atoms with E-state index in [1.165, 1.54) is 5.01 Å². The second kappa shape index (κ2) is 10.1. The lowest BCUT2D eigenvalue weighted by atomic mass is 10.3. The number of nitrogens with two attached hydrogens (primary N) is 1. The fraction of sp³-hybridized carbons (Fsp3) is 0.294. The molecule has 1 aromatic carbocycles. The Morgan fingerprint density at radius 2 is 2.00 bits per heavy atom. The van der Waals surface area contributed by atoms with Gasteiger partial charge < -0.3 is 20.9 Å². The molecule has 1 fully saturated rings. The summed E-state index contributed by atoms with van der Waals surface area (Å²) < 4.78 is 46.8. The Kier molecular flexibility index (Phi) is 7.42. The summed E-state index contributed by atoms with van der Waals surface area (Å²) in [6, 6.07) is 1.84. The Morgan fingerprint density at radius 1 is 1.30 bits per heavy atom. The number of primary amides is 1. The number of anilines is 2. The van der Waals surface area contributed by atoms with E-state index in [1.54, 1.807) is 0 Å². The van der Waals surface area contributed by atoms with Crippen molar-refractivity contribution in [1.82, 2.24) is 15.0 Å². The minimum Gasteiger partial charge on any atom is -0.476 e. The number of carbonyl (C=O) groups is 3. The van der Waals surface area contributed by atoms with E-state index < -0.39 is 50.9 Å². The number of hydrazine groups is 1. The van der Waals surface area contributed by atoms with Crippen molar-refractivity contribution in [3.8, 4) is 0 Å². The molecule has 0 spiro atoms. The van der Waals surface area contributed by atoms with Crippen LogP contribution < -0.4 is 15.8 Å². The fourth-order valence-corrected chi connectivity index (χ4v) is 4.86. The molecule has 0 saturated carbocycles. The van der Waals surface area contributed by atoms with Gasteiger partial charge in [-0.25, -0.2) is 37.4 Å². The Hall–Kier alpha value is -3.34. The second-order valence-electron chi connectivity index (χ2n) is 6.59. The fourth-order valence-electron chi connectivity index (χ4n) is 2.85. The van der Waals surface area contributed by atoms with Crippen LogP contribution in [-0.2, 0) is 19.6 Å². The first-order valence-electron chi connectivity index (χ1n) is 9.27. The molecule has 2 aromatic rings. The number of morpholine rings is 1. The van der Waals surface area contributed by atoms with Gasteiger partial charge in [-0.2, -0.15) is 0 Å². The summed E-state index contributed by atoms with van der Waals surface area (Å²) >= 11 is 0.748. The molecule has 0 radical (unpaired) electrons. The van der Waals surface area contributed by atoms with E-state index in [4.69, 9.17) is 15.6 Å². The number of aromatic nitrogens is 1.